The third-order valence-electron chi connectivity index (χ3n) is 8.17. The van der Waals surface area contributed by atoms with E-state index in [1.54, 1.807) is 31.3 Å². The van der Waals surface area contributed by atoms with Crippen LogP contribution in [0, 0.1) is 6.92 Å². The zero-order chi connectivity index (χ0) is 32.2. The average molecular weight is 620 g/mol. The van der Waals surface area contributed by atoms with E-state index in [0.29, 0.717) is 28.7 Å². The Balaban J connectivity index is 1.37. The molecule has 238 valence electrons. The molecule has 45 heavy (non-hydrogen) atoms. The Morgan fingerprint density at radius 1 is 0.933 bits per heavy atom. The van der Waals surface area contributed by atoms with E-state index < -0.39 is 48.8 Å². The van der Waals surface area contributed by atoms with Gasteiger partial charge < -0.3 is 44.7 Å². The van der Waals surface area contributed by atoms with Gasteiger partial charge in [0.15, 0.2) is 11.6 Å². The van der Waals surface area contributed by atoms with Gasteiger partial charge in [-0.1, -0.05) is 36.4 Å². The molecule has 1 aliphatic rings. The van der Waals surface area contributed by atoms with Gasteiger partial charge in [-0.15, -0.1) is 0 Å². The van der Waals surface area contributed by atoms with Crippen molar-refractivity contribution >= 4 is 22.3 Å². The van der Waals surface area contributed by atoms with E-state index in [1.165, 1.54) is 13.2 Å². The lowest BCUT2D eigenvalue weighted by Gasteiger charge is -2.39. The summed E-state index contributed by atoms with van der Waals surface area (Å²) in [4.78, 5) is 29.8. The van der Waals surface area contributed by atoms with Crippen LogP contribution in [0.1, 0.15) is 50.4 Å². The predicted molar refractivity (Wildman–Crippen MR) is 164 cm³/mol. The zero-order valence-corrected chi connectivity index (χ0v) is 25.0. The molecule has 1 aliphatic heterocycles. The van der Waals surface area contributed by atoms with Crippen molar-refractivity contribution < 1.29 is 49.3 Å². The number of aromatic hydroxyl groups is 1. The summed E-state index contributed by atoms with van der Waals surface area (Å²) in [7, 11) is 1.43. The summed E-state index contributed by atoms with van der Waals surface area (Å²) in [6, 6.07) is 16.4. The van der Waals surface area contributed by atoms with E-state index in [9.17, 15) is 35.1 Å². The Morgan fingerprint density at radius 3 is 2.38 bits per heavy atom. The number of carbonyl (C=O) groups is 2. The van der Waals surface area contributed by atoms with E-state index in [1.807, 2.05) is 30.3 Å². The molecule has 5 atom stereocenters. The second-order valence-electron chi connectivity index (χ2n) is 11.2. The summed E-state index contributed by atoms with van der Waals surface area (Å²) in [5, 5.41) is 52.4. The number of methoxy groups -OCH3 is 1. The van der Waals surface area contributed by atoms with Crippen LogP contribution < -0.4 is 9.47 Å². The zero-order valence-electron chi connectivity index (χ0n) is 25.0. The van der Waals surface area contributed by atoms with Crippen LogP contribution in [-0.2, 0) is 17.6 Å². The number of phenolic OH excluding ortho intramolecular Hbond substituents is 1. The molecule has 0 radical (unpaired) electrons. The number of rotatable bonds is 12. The second-order valence-corrected chi connectivity index (χ2v) is 11.2. The minimum Gasteiger partial charge on any atom is -0.506 e. The van der Waals surface area contributed by atoms with Crippen molar-refractivity contribution in [3.05, 3.63) is 88.7 Å². The number of aromatic amines is 1. The molecule has 1 aromatic heterocycles. The van der Waals surface area contributed by atoms with Crippen LogP contribution in [-0.4, -0.2) is 86.5 Å². The van der Waals surface area contributed by atoms with Crippen molar-refractivity contribution in [3.8, 4) is 17.2 Å². The number of hydrogen-bond acceptors (Lipinski definition) is 10. The highest BCUT2D eigenvalue weighted by molar-refractivity contribution is 6.09. The molecule has 1 fully saturated rings. The number of aliphatic hydroxyl groups is 4. The van der Waals surface area contributed by atoms with Crippen molar-refractivity contribution in [2.75, 3.05) is 13.7 Å². The third-order valence-corrected chi connectivity index (χ3v) is 8.17. The molecule has 11 heteroatoms. The highest BCUT2D eigenvalue weighted by atomic mass is 16.7. The van der Waals surface area contributed by atoms with Crippen LogP contribution in [0.3, 0.4) is 0 Å². The number of ether oxygens (including phenoxy) is 3. The van der Waals surface area contributed by atoms with Crippen LogP contribution in [0.2, 0.25) is 0 Å². The van der Waals surface area contributed by atoms with Crippen molar-refractivity contribution in [2.45, 2.75) is 63.3 Å². The average Bonchev–Trinajstić information content (AvgIpc) is 3.51. The number of Topliss-reactive ketones (excluding diaryl/α,β-unsaturated/α-hetero) is 2. The lowest BCUT2D eigenvalue weighted by atomic mass is 9.93. The highest BCUT2D eigenvalue weighted by Gasteiger charge is 2.45. The monoisotopic (exact) mass is 619 g/mol. The van der Waals surface area contributed by atoms with E-state index in [-0.39, 0.29) is 35.3 Å². The van der Waals surface area contributed by atoms with Gasteiger partial charge in [0, 0.05) is 36.4 Å². The molecule has 0 unspecified atom stereocenters. The topological polar surface area (TPSA) is 179 Å². The summed E-state index contributed by atoms with van der Waals surface area (Å²) >= 11 is 0. The first-order valence-corrected chi connectivity index (χ1v) is 14.7. The number of aromatic nitrogens is 1. The fourth-order valence-corrected chi connectivity index (χ4v) is 5.72. The first-order chi connectivity index (χ1) is 21.6. The molecule has 5 rings (SSSR count). The largest absolute Gasteiger partial charge is 0.506 e. The van der Waals surface area contributed by atoms with E-state index >= 15 is 0 Å². The molecule has 0 bridgehead atoms. The molecule has 0 saturated carbocycles. The van der Waals surface area contributed by atoms with E-state index in [0.717, 1.165) is 17.7 Å². The van der Waals surface area contributed by atoms with Crippen molar-refractivity contribution in [1.29, 1.82) is 0 Å². The summed E-state index contributed by atoms with van der Waals surface area (Å²) in [5.74, 6) is -0.736. The summed E-state index contributed by atoms with van der Waals surface area (Å²) in [6.07, 6.45) is -4.83. The van der Waals surface area contributed by atoms with Crippen molar-refractivity contribution in [3.63, 3.8) is 0 Å². The van der Waals surface area contributed by atoms with Crippen molar-refractivity contribution in [2.24, 2.45) is 0 Å². The van der Waals surface area contributed by atoms with Crippen LogP contribution in [0.5, 0.6) is 17.2 Å². The molecule has 2 heterocycles. The van der Waals surface area contributed by atoms with E-state index in [4.69, 9.17) is 14.2 Å². The number of aryl methyl sites for hydroxylation is 3. The molecule has 0 amide bonds. The van der Waals surface area contributed by atoms with Gasteiger partial charge in [0.25, 0.3) is 0 Å². The fraction of sp³-hybridized carbons (Fsp3) is 0.353. The minimum absolute atomic E-state index is 0.0116. The Morgan fingerprint density at radius 2 is 1.67 bits per heavy atom. The Hall–Kier alpha value is -4.26. The maximum absolute atomic E-state index is 13.5. The maximum Gasteiger partial charge on any atom is 0.229 e. The van der Waals surface area contributed by atoms with Crippen LogP contribution in [0.4, 0.5) is 0 Å². The van der Waals surface area contributed by atoms with Crippen LogP contribution in [0.25, 0.3) is 10.8 Å². The lowest BCUT2D eigenvalue weighted by Crippen LogP contribution is -2.60. The standard InChI is InChI=1S/C34H37NO10/c1-18-14-20-15-21(43-2)16-26(44-34-33(42)32(41)30(39)27(17-36)45-34)29(20)31(40)28(18)25(38)11-10-24(37)22-12-13-35-23(22)9-8-19-6-4-3-5-7-19/h3-7,12-16,27,30,32-36,39-42H,8-11,17H2,1-2H3/t27-,30-,32+,33-,34+/m1/s1. The molecular weight excluding hydrogens is 582 g/mol. The number of H-pyrrole nitrogens is 1. The van der Waals surface area contributed by atoms with Gasteiger partial charge in [0.2, 0.25) is 6.29 Å². The highest BCUT2D eigenvalue weighted by Crippen LogP contribution is 2.42. The number of ketones is 2. The molecule has 3 aromatic carbocycles. The van der Waals surface area contributed by atoms with E-state index in [2.05, 4.69) is 4.98 Å². The van der Waals surface area contributed by atoms with Crippen molar-refractivity contribution in [1.82, 2.24) is 4.98 Å². The molecule has 1 saturated heterocycles. The first kappa shape index (κ1) is 32.1. The molecule has 4 aromatic rings. The Bertz CT molecular complexity index is 1660. The van der Waals surface area contributed by atoms with Gasteiger partial charge in [-0.3, -0.25) is 9.59 Å². The molecule has 0 aliphatic carbocycles. The number of hydrogen-bond donors (Lipinski definition) is 6. The smallest absolute Gasteiger partial charge is 0.229 e. The Kier molecular flexibility index (Phi) is 9.86. The number of nitrogens with one attached hydrogen (secondary N) is 1. The quantitative estimate of drug-likeness (QED) is 0.129. The number of benzene rings is 3. The Labute approximate surface area is 259 Å². The van der Waals surface area contributed by atoms with Crippen LogP contribution in [0.15, 0.2) is 60.8 Å². The van der Waals surface area contributed by atoms with Gasteiger partial charge >= 0.3 is 0 Å². The summed E-state index contributed by atoms with van der Waals surface area (Å²) < 4.78 is 16.7. The van der Waals surface area contributed by atoms with Gasteiger partial charge in [-0.05, 0) is 48.4 Å². The molecule has 0 spiro atoms. The SMILES string of the molecule is COc1cc(O[C@H]2O[C@H](CO)[C@@H](O)[C@H](O)[C@H]2O)c2c(O)c(C(=O)CCC(=O)c3cc[nH]c3CCc3ccccc3)c(C)cc2c1. The van der Waals surface area contributed by atoms with Gasteiger partial charge in [-0.25, -0.2) is 0 Å². The van der Waals surface area contributed by atoms with Gasteiger partial charge in [-0.2, -0.15) is 0 Å². The number of aliphatic hydroxyl groups excluding tert-OH is 4. The van der Waals surface area contributed by atoms with Gasteiger partial charge in [0.1, 0.15) is 41.7 Å². The normalized spacial score (nSPS) is 21.5. The lowest BCUT2D eigenvalue weighted by molar-refractivity contribution is -0.277. The predicted octanol–water partition coefficient (Wildman–Crippen LogP) is 3.00. The number of phenols is 1. The van der Waals surface area contributed by atoms with Crippen LogP contribution >= 0.6 is 0 Å². The van der Waals surface area contributed by atoms with Gasteiger partial charge in [0.05, 0.1) is 24.7 Å². The number of fused-ring (bicyclic) bond motifs is 1. The summed E-state index contributed by atoms with van der Waals surface area (Å²) in [6.45, 7) is 1.02. The third kappa shape index (κ3) is 6.73. The first-order valence-electron chi connectivity index (χ1n) is 14.7. The number of carbonyl (C=O) groups excluding carboxylic acids is 2. The second kappa shape index (κ2) is 13.8. The molecule has 6 N–H and O–H groups in total. The fourth-order valence-electron chi connectivity index (χ4n) is 5.72. The summed E-state index contributed by atoms with van der Waals surface area (Å²) in [5.41, 5.74) is 2.95. The minimum atomic E-state index is -1.70. The molecule has 11 nitrogen and oxygen atoms in total. The maximum atomic E-state index is 13.5. The molecular formula is C34H37NO10.